The van der Waals surface area contributed by atoms with Crippen molar-refractivity contribution < 1.29 is 9.53 Å². The fourth-order valence-electron chi connectivity index (χ4n) is 2.47. The van der Waals surface area contributed by atoms with Crippen molar-refractivity contribution in [2.24, 2.45) is 11.7 Å². The highest BCUT2D eigenvalue weighted by Gasteiger charge is 2.30. The highest BCUT2D eigenvalue weighted by Crippen LogP contribution is 2.36. The lowest BCUT2D eigenvalue weighted by Gasteiger charge is -2.33. The van der Waals surface area contributed by atoms with Gasteiger partial charge in [0.25, 0.3) is 0 Å². The second-order valence-electron chi connectivity index (χ2n) is 5.21. The van der Waals surface area contributed by atoms with Gasteiger partial charge in [-0.1, -0.05) is 19.1 Å². The van der Waals surface area contributed by atoms with Crippen LogP contribution in [0.3, 0.4) is 0 Å². The molecule has 1 aromatic carbocycles. The van der Waals surface area contributed by atoms with Gasteiger partial charge in [-0.2, -0.15) is 0 Å². The first-order valence-corrected chi connectivity index (χ1v) is 6.79. The van der Waals surface area contributed by atoms with Crippen molar-refractivity contribution in [3.63, 3.8) is 0 Å². The predicted molar refractivity (Wildman–Crippen MR) is 76.5 cm³/mol. The van der Waals surface area contributed by atoms with Crippen molar-refractivity contribution in [1.29, 1.82) is 0 Å². The van der Waals surface area contributed by atoms with Crippen LogP contribution in [0.2, 0.25) is 0 Å². The highest BCUT2D eigenvalue weighted by atomic mass is 16.5. The Labute approximate surface area is 114 Å². The molecule has 0 bridgehead atoms. The Balaban J connectivity index is 2.39. The number of hydrogen-bond donors (Lipinski definition) is 1. The molecule has 4 nitrogen and oxygen atoms in total. The maximum Gasteiger partial charge on any atom is 0.231 e. The summed E-state index contributed by atoms with van der Waals surface area (Å²) in [6, 6.07) is 5.79. The van der Waals surface area contributed by atoms with Gasteiger partial charge in [-0.15, -0.1) is 0 Å². The number of carbonyl (C=O) groups is 1. The van der Waals surface area contributed by atoms with Crippen LogP contribution in [0.4, 0.5) is 5.69 Å². The lowest BCUT2D eigenvalue weighted by molar-refractivity contribution is -0.122. The van der Waals surface area contributed by atoms with E-state index in [-0.39, 0.29) is 17.9 Å². The smallest absolute Gasteiger partial charge is 0.231 e. The predicted octanol–water partition coefficient (Wildman–Crippen LogP) is 1.96. The summed E-state index contributed by atoms with van der Waals surface area (Å²) in [4.78, 5) is 14.4. The van der Waals surface area contributed by atoms with Crippen LogP contribution in [0.1, 0.15) is 25.8 Å². The number of nitrogens with zero attached hydrogens (tertiary/aromatic N) is 1. The molecule has 1 heterocycles. The van der Waals surface area contributed by atoms with Crippen molar-refractivity contribution >= 4 is 11.6 Å². The molecule has 2 unspecified atom stereocenters. The van der Waals surface area contributed by atoms with Gasteiger partial charge < -0.3 is 15.4 Å². The fraction of sp³-hybridized carbons (Fsp3) is 0.533. The van der Waals surface area contributed by atoms with Gasteiger partial charge in [0.05, 0.1) is 18.7 Å². The van der Waals surface area contributed by atoms with Gasteiger partial charge in [0.2, 0.25) is 5.91 Å². The zero-order chi connectivity index (χ0) is 14.0. The molecule has 0 radical (unpaired) electrons. The van der Waals surface area contributed by atoms with E-state index < -0.39 is 0 Å². The van der Waals surface area contributed by atoms with E-state index in [1.54, 1.807) is 7.11 Å². The van der Waals surface area contributed by atoms with E-state index in [0.29, 0.717) is 0 Å². The Morgan fingerprint density at radius 2 is 2.16 bits per heavy atom. The quantitative estimate of drug-likeness (QED) is 0.906. The number of para-hydroxylation sites is 1. The molecule has 0 aromatic heterocycles. The van der Waals surface area contributed by atoms with Crippen molar-refractivity contribution in [3.8, 4) is 5.75 Å². The molecule has 0 saturated carbocycles. The van der Waals surface area contributed by atoms with Crippen LogP contribution in [0, 0.1) is 5.92 Å². The third kappa shape index (κ3) is 2.59. The first kappa shape index (κ1) is 13.9. The number of fused-ring (bicyclic) bond motifs is 1. The summed E-state index contributed by atoms with van der Waals surface area (Å²) in [5.74, 6) is 0.665. The lowest BCUT2D eigenvalue weighted by atomic mass is 9.97. The Bertz CT molecular complexity index is 457. The van der Waals surface area contributed by atoms with Crippen LogP contribution in [0.15, 0.2) is 18.2 Å². The Morgan fingerprint density at radius 1 is 1.42 bits per heavy atom. The minimum Gasteiger partial charge on any atom is -0.495 e. The summed E-state index contributed by atoms with van der Waals surface area (Å²) in [5, 5.41) is 0. The van der Waals surface area contributed by atoms with Crippen molar-refractivity contribution in [3.05, 3.63) is 23.8 Å². The van der Waals surface area contributed by atoms with E-state index in [0.717, 1.165) is 30.8 Å². The van der Waals surface area contributed by atoms with Gasteiger partial charge in [0.15, 0.2) is 0 Å². The van der Waals surface area contributed by atoms with Gasteiger partial charge in [-0.25, -0.2) is 0 Å². The Hall–Kier alpha value is -1.55. The minimum absolute atomic E-state index is 0.0838. The first-order valence-electron chi connectivity index (χ1n) is 6.79. The second-order valence-corrected chi connectivity index (χ2v) is 5.21. The van der Waals surface area contributed by atoms with Crippen molar-refractivity contribution in [2.45, 2.75) is 32.7 Å². The van der Waals surface area contributed by atoms with Gasteiger partial charge in [0.1, 0.15) is 5.75 Å². The summed E-state index contributed by atoms with van der Waals surface area (Å²) in [7, 11) is 1.64. The average molecular weight is 262 g/mol. The fourth-order valence-corrected chi connectivity index (χ4v) is 2.47. The topological polar surface area (TPSA) is 55.6 Å². The van der Waals surface area contributed by atoms with Gasteiger partial charge in [0, 0.05) is 12.6 Å². The largest absolute Gasteiger partial charge is 0.495 e. The number of benzene rings is 1. The van der Waals surface area contributed by atoms with Gasteiger partial charge in [-0.05, 0) is 31.4 Å². The maximum absolute atomic E-state index is 12.6. The monoisotopic (exact) mass is 262 g/mol. The molecule has 0 saturated heterocycles. The molecule has 1 aliphatic heterocycles. The van der Waals surface area contributed by atoms with Crippen LogP contribution < -0.4 is 15.4 Å². The molecule has 19 heavy (non-hydrogen) atoms. The zero-order valence-electron chi connectivity index (χ0n) is 11.8. The summed E-state index contributed by atoms with van der Waals surface area (Å²) in [6.07, 6.45) is 1.97. The summed E-state index contributed by atoms with van der Waals surface area (Å²) >= 11 is 0. The number of anilines is 1. The van der Waals surface area contributed by atoms with E-state index in [9.17, 15) is 4.79 Å². The van der Waals surface area contributed by atoms with Gasteiger partial charge in [-0.3, -0.25) is 4.79 Å². The van der Waals surface area contributed by atoms with Crippen molar-refractivity contribution in [1.82, 2.24) is 0 Å². The van der Waals surface area contributed by atoms with Crippen LogP contribution in [0.25, 0.3) is 0 Å². The molecule has 2 N–H and O–H groups in total. The number of methoxy groups -OCH3 is 1. The Kier molecular flexibility index (Phi) is 4.10. The number of carbonyl (C=O) groups excluding carboxylic acids is 1. The van der Waals surface area contributed by atoms with E-state index in [1.807, 2.05) is 30.9 Å². The molecule has 1 amide bonds. The molecule has 0 fully saturated rings. The molecular formula is C15H22N2O2. The molecule has 0 aliphatic carbocycles. The molecule has 2 atom stereocenters. The lowest BCUT2D eigenvalue weighted by Crippen LogP contribution is -2.44. The maximum atomic E-state index is 12.6. The van der Waals surface area contributed by atoms with Crippen molar-refractivity contribution in [2.75, 3.05) is 18.6 Å². The second kappa shape index (κ2) is 5.61. The summed E-state index contributed by atoms with van der Waals surface area (Å²) in [5.41, 5.74) is 7.96. The van der Waals surface area contributed by atoms with E-state index >= 15 is 0 Å². The van der Waals surface area contributed by atoms with Gasteiger partial charge >= 0.3 is 0 Å². The molecule has 104 valence electrons. The molecule has 1 aromatic rings. The number of aryl methyl sites for hydroxylation is 1. The number of ether oxygens (including phenoxy) is 1. The van der Waals surface area contributed by atoms with E-state index in [1.165, 1.54) is 5.56 Å². The van der Waals surface area contributed by atoms with Crippen LogP contribution in [-0.4, -0.2) is 25.6 Å². The molecule has 4 heteroatoms. The molecule has 1 aliphatic rings. The Morgan fingerprint density at radius 3 is 2.79 bits per heavy atom. The molecule has 2 rings (SSSR count). The highest BCUT2D eigenvalue weighted by molar-refractivity contribution is 5.97. The number of hydrogen-bond acceptors (Lipinski definition) is 3. The molecule has 0 spiro atoms. The van der Waals surface area contributed by atoms with E-state index in [4.69, 9.17) is 10.5 Å². The van der Waals surface area contributed by atoms with Crippen LogP contribution in [0.5, 0.6) is 5.75 Å². The van der Waals surface area contributed by atoms with Crippen LogP contribution in [-0.2, 0) is 11.2 Å². The zero-order valence-corrected chi connectivity index (χ0v) is 11.8. The SMILES string of the molecule is COc1cccc2c1N(C(=O)C(C)C(C)N)CCC2. The van der Waals surface area contributed by atoms with E-state index in [2.05, 4.69) is 6.07 Å². The third-order valence-corrected chi connectivity index (χ3v) is 3.84. The normalized spacial score (nSPS) is 17.6. The number of nitrogens with two attached hydrogens (primary N) is 1. The molecular weight excluding hydrogens is 240 g/mol. The van der Waals surface area contributed by atoms with Crippen LogP contribution >= 0.6 is 0 Å². The number of amides is 1. The summed E-state index contributed by atoms with van der Waals surface area (Å²) < 4.78 is 5.41. The minimum atomic E-state index is -0.184. The third-order valence-electron chi connectivity index (χ3n) is 3.84. The average Bonchev–Trinajstić information content (AvgIpc) is 2.44. The summed E-state index contributed by atoms with van der Waals surface area (Å²) in [6.45, 7) is 4.50. The standard InChI is InChI=1S/C15H22N2O2/c1-10(11(2)16)15(18)17-9-5-7-12-6-4-8-13(19-3)14(12)17/h4,6,8,10-11H,5,7,9,16H2,1-3H3. The first-order chi connectivity index (χ1) is 9.06. The number of rotatable bonds is 3.